The maximum absolute atomic E-state index is 3.85. The van der Waals surface area contributed by atoms with Gasteiger partial charge in [-0.25, -0.2) is 0 Å². The summed E-state index contributed by atoms with van der Waals surface area (Å²) in [6.07, 6.45) is 11.3. The van der Waals surface area contributed by atoms with Gasteiger partial charge in [-0.3, -0.25) is 0 Å². The SMILES string of the molecule is CC1CCCC(CNC2CCCC2)(N(C)C)C1. The van der Waals surface area contributed by atoms with Gasteiger partial charge in [0.1, 0.15) is 0 Å². The number of rotatable bonds is 4. The van der Waals surface area contributed by atoms with Crippen molar-refractivity contribution in [3.8, 4) is 0 Å². The van der Waals surface area contributed by atoms with E-state index in [1.54, 1.807) is 0 Å². The first kappa shape index (κ1) is 13.4. The number of likely N-dealkylation sites (N-methyl/N-ethyl adjacent to an activating group) is 1. The van der Waals surface area contributed by atoms with Crippen LogP contribution in [0.15, 0.2) is 0 Å². The molecule has 1 N–H and O–H groups in total. The first-order valence-corrected chi connectivity index (χ1v) is 7.53. The Morgan fingerprint density at radius 1 is 1.12 bits per heavy atom. The average molecular weight is 238 g/mol. The van der Waals surface area contributed by atoms with Crippen LogP contribution in [0.4, 0.5) is 0 Å². The van der Waals surface area contributed by atoms with Crippen LogP contribution in [0.1, 0.15) is 58.3 Å². The maximum atomic E-state index is 3.85. The summed E-state index contributed by atoms with van der Waals surface area (Å²) in [4.78, 5) is 2.49. The molecule has 0 amide bonds. The van der Waals surface area contributed by atoms with Crippen molar-refractivity contribution in [2.45, 2.75) is 69.9 Å². The van der Waals surface area contributed by atoms with Crippen molar-refractivity contribution in [1.29, 1.82) is 0 Å². The second kappa shape index (κ2) is 5.71. The third-order valence-corrected chi connectivity index (χ3v) is 5.09. The zero-order valence-electron chi connectivity index (χ0n) is 12.0. The lowest BCUT2D eigenvalue weighted by atomic mass is 9.75. The third kappa shape index (κ3) is 3.23. The van der Waals surface area contributed by atoms with Gasteiger partial charge in [0.25, 0.3) is 0 Å². The van der Waals surface area contributed by atoms with E-state index in [-0.39, 0.29) is 0 Å². The molecular weight excluding hydrogens is 208 g/mol. The minimum Gasteiger partial charge on any atom is -0.312 e. The quantitative estimate of drug-likeness (QED) is 0.810. The lowest BCUT2D eigenvalue weighted by Gasteiger charge is -2.46. The van der Waals surface area contributed by atoms with Gasteiger partial charge in [0.15, 0.2) is 0 Å². The van der Waals surface area contributed by atoms with Crippen molar-refractivity contribution < 1.29 is 0 Å². The number of nitrogens with one attached hydrogen (secondary N) is 1. The Morgan fingerprint density at radius 3 is 2.41 bits per heavy atom. The van der Waals surface area contributed by atoms with Gasteiger partial charge in [0.2, 0.25) is 0 Å². The molecule has 2 atom stereocenters. The Kier molecular flexibility index (Phi) is 4.48. The molecule has 2 aliphatic carbocycles. The van der Waals surface area contributed by atoms with E-state index in [2.05, 4.69) is 31.2 Å². The fourth-order valence-corrected chi connectivity index (χ4v) is 3.82. The normalized spacial score (nSPS) is 35.6. The Morgan fingerprint density at radius 2 is 1.82 bits per heavy atom. The highest BCUT2D eigenvalue weighted by atomic mass is 15.2. The highest BCUT2D eigenvalue weighted by molar-refractivity contribution is 4.95. The van der Waals surface area contributed by atoms with Crippen LogP contribution in [-0.4, -0.2) is 37.1 Å². The standard InChI is InChI=1S/C15H30N2/c1-13-7-6-10-15(11-13,17(2)3)12-16-14-8-4-5-9-14/h13-14,16H,4-12H2,1-3H3. The molecule has 0 aliphatic heterocycles. The van der Waals surface area contributed by atoms with Crippen molar-refractivity contribution in [3.63, 3.8) is 0 Å². The van der Waals surface area contributed by atoms with Gasteiger partial charge < -0.3 is 10.2 Å². The van der Waals surface area contributed by atoms with Crippen LogP contribution in [-0.2, 0) is 0 Å². The Balaban J connectivity index is 1.91. The average Bonchev–Trinajstić information content (AvgIpc) is 2.79. The van der Waals surface area contributed by atoms with E-state index in [1.165, 1.54) is 57.9 Å². The van der Waals surface area contributed by atoms with E-state index in [0.29, 0.717) is 5.54 Å². The molecule has 17 heavy (non-hydrogen) atoms. The largest absolute Gasteiger partial charge is 0.312 e. The van der Waals surface area contributed by atoms with Crippen LogP contribution in [0.2, 0.25) is 0 Å². The van der Waals surface area contributed by atoms with E-state index in [9.17, 15) is 0 Å². The van der Waals surface area contributed by atoms with Gasteiger partial charge in [-0.15, -0.1) is 0 Å². The molecule has 0 heterocycles. The predicted molar refractivity (Wildman–Crippen MR) is 74.3 cm³/mol. The zero-order chi connectivity index (χ0) is 12.3. The second-order valence-electron chi connectivity index (χ2n) is 6.68. The summed E-state index contributed by atoms with van der Waals surface area (Å²) in [5, 5.41) is 3.85. The summed E-state index contributed by atoms with van der Waals surface area (Å²) in [7, 11) is 4.54. The van der Waals surface area contributed by atoms with Crippen LogP contribution in [0.5, 0.6) is 0 Å². The molecule has 0 saturated heterocycles. The topological polar surface area (TPSA) is 15.3 Å². The maximum Gasteiger partial charge on any atom is 0.0330 e. The molecule has 0 spiro atoms. The Bertz CT molecular complexity index is 233. The minimum atomic E-state index is 0.431. The lowest BCUT2D eigenvalue weighted by Crippen LogP contribution is -2.55. The summed E-state index contributed by atoms with van der Waals surface area (Å²) in [6, 6.07) is 0.809. The minimum absolute atomic E-state index is 0.431. The van der Waals surface area contributed by atoms with Crippen LogP contribution in [0.3, 0.4) is 0 Å². The molecule has 2 fully saturated rings. The second-order valence-corrected chi connectivity index (χ2v) is 6.68. The van der Waals surface area contributed by atoms with Crippen LogP contribution >= 0.6 is 0 Å². The van der Waals surface area contributed by atoms with E-state index < -0.39 is 0 Å². The third-order valence-electron chi connectivity index (χ3n) is 5.09. The van der Waals surface area contributed by atoms with Crippen molar-refractivity contribution in [2.24, 2.45) is 5.92 Å². The molecule has 100 valence electrons. The number of nitrogens with zero attached hydrogens (tertiary/aromatic N) is 1. The molecule has 2 nitrogen and oxygen atoms in total. The van der Waals surface area contributed by atoms with Crippen LogP contribution < -0.4 is 5.32 Å². The highest BCUT2D eigenvalue weighted by Crippen LogP contribution is 2.35. The molecule has 2 rings (SSSR count). The summed E-state index contributed by atoms with van der Waals surface area (Å²) >= 11 is 0. The monoisotopic (exact) mass is 238 g/mol. The Labute approximate surface area is 107 Å². The van der Waals surface area contributed by atoms with Crippen molar-refractivity contribution >= 4 is 0 Å². The summed E-state index contributed by atoms with van der Waals surface area (Å²) in [5.74, 6) is 0.900. The van der Waals surface area contributed by atoms with Crippen molar-refractivity contribution in [1.82, 2.24) is 10.2 Å². The number of hydrogen-bond acceptors (Lipinski definition) is 2. The first-order valence-electron chi connectivity index (χ1n) is 7.53. The fraction of sp³-hybridized carbons (Fsp3) is 1.00. The highest BCUT2D eigenvalue weighted by Gasteiger charge is 2.37. The first-order chi connectivity index (χ1) is 8.12. The van der Waals surface area contributed by atoms with Gasteiger partial charge in [0.05, 0.1) is 0 Å². The molecule has 0 aromatic carbocycles. The Hall–Kier alpha value is -0.0800. The van der Waals surface area contributed by atoms with E-state index >= 15 is 0 Å². The molecule has 0 radical (unpaired) electrons. The van der Waals surface area contributed by atoms with Crippen molar-refractivity contribution in [3.05, 3.63) is 0 Å². The predicted octanol–water partition coefficient (Wildman–Crippen LogP) is 3.03. The molecule has 2 saturated carbocycles. The molecule has 0 bridgehead atoms. The van der Waals surface area contributed by atoms with E-state index in [4.69, 9.17) is 0 Å². The van der Waals surface area contributed by atoms with E-state index in [0.717, 1.165) is 12.0 Å². The molecule has 0 aromatic heterocycles. The number of hydrogen-bond donors (Lipinski definition) is 1. The smallest absolute Gasteiger partial charge is 0.0330 e. The lowest BCUT2D eigenvalue weighted by molar-refractivity contribution is 0.0724. The fourth-order valence-electron chi connectivity index (χ4n) is 3.82. The summed E-state index contributed by atoms with van der Waals surface area (Å²) in [5.41, 5.74) is 0.431. The molecule has 2 heteroatoms. The van der Waals surface area contributed by atoms with Gasteiger partial charge in [-0.2, -0.15) is 0 Å². The van der Waals surface area contributed by atoms with Gasteiger partial charge in [-0.1, -0.05) is 32.6 Å². The molecule has 0 aromatic rings. The summed E-state index contributed by atoms with van der Waals surface area (Å²) in [6.45, 7) is 3.63. The zero-order valence-corrected chi connectivity index (χ0v) is 12.0. The van der Waals surface area contributed by atoms with Gasteiger partial charge in [-0.05, 0) is 45.7 Å². The van der Waals surface area contributed by atoms with Gasteiger partial charge in [0, 0.05) is 18.1 Å². The van der Waals surface area contributed by atoms with Crippen molar-refractivity contribution in [2.75, 3.05) is 20.6 Å². The van der Waals surface area contributed by atoms with Gasteiger partial charge >= 0.3 is 0 Å². The molecule has 2 aliphatic rings. The molecular formula is C15H30N2. The van der Waals surface area contributed by atoms with E-state index in [1.807, 2.05) is 0 Å². The summed E-state index contributed by atoms with van der Waals surface area (Å²) < 4.78 is 0. The molecule has 2 unspecified atom stereocenters. The van der Waals surface area contributed by atoms with Crippen LogP contribution in [0, 0.1) is 5.92 Å². The van der Waals surface area contributed by atoms with Crippen LogP contribution in [0.25, 0.3) is 0 Å².